The first kappa shape index (κ1) is 14.4. The smallest absolute Gasteiger partial charge is 0.309 e. The molecule has 4 nitrogen and oxygen atoms in total. The van der Waals surface area contributed by atoms with Gasteiger partial charge in [-0.3, -0.25) is 4.79 Å². The van der Waals surface area contributed by atoms with Gasteiger partial charge in [0.2, 0.25) is 0 Å². The molecule has 0 bridgehead atoms. The van der Waals surface area contributed by atoms with Crippen LogP contribution in [0, 0.1) is 5.92 Å². The van der Waals surface area contributed by atoms with Crippen LogP contribution in [-0.4, -0.2) is 39.9 Å². The monoisotopic (exact) mass is 217 g/mol. The van der Waals surface area contributed by atoms with Gasteiger partial charge in [-0.1, -0.05) is 6.92 Å². The summed E-state index contributed by atoms with van der Waals surface area (Å²) in [7, 11) is 3.14. The van der Waals surface area contributed by atoms with E-state index in [2.05, 4.69) is 10.1 Å². The predicted molar refractivity (Wildman–Crippen MR) is 59.8 cm³/mol. The second-order valence-corrected chi connectivity index (χ2v) is 3.68. The quantitative estimate of drug-likeness (QED) is 0.466. The number of unbranched alkanes of at least 4 members (excludes halogenated alkanes) is 2. The van der Waals surface area contributed by atoms with E-state index in [1.165, 1.54) is 7.11 Å². The SMILES string of the molecule is COCCCCCNCC(C)C(=O)OC. The highest BCUT2D eigenvalue weighted by Crippen LogP contribution is 1.97. The highest BCUT2D eigenvalue weighted by molar-refractivity contribution is 5.71. The molecule has 4 heteroatoms. The summed E-state index contributed by atoms with van der Waals surface area (Å²) in [5, 5.41) is 3.24. The van der Waals surface area contributed by atoms with Gasteiger partial charge < -0.3 is 14.8 Å². The average molecular weight is 217 g/mol. The zero-order valence-electron chi connectivity index (χ0n) is 10.0. The molecule has 1 N–H and O–H groups in total. The van der Waals surface area contributed by atoms with Crippen molar-refractivity contribution >= 4 is 5.97 Å². The van der Waals surface area contributed by atoms with Crippen molar-refractivity contribution in [3.8, 4) is 0 Å². The number of hydrogen-bond acceptors (Lipinski definition) is 4. The molecule has 0 radical (unpaired) electrons. The van der Waals surface area contributed by atoms with Crippen molar-refractivity contribution in [3.63, 3.8) is 0 Å². The Morgan fingerprint density at radius 3 is 2.60 bits per heavy atom. The Morgan fingerprint density at radius 1 is 1.27 bits per heavy atom. The Bertz CT molecular complexity index is 162. The Labute approximate surface area is 92.3 Å². The molecule has 1 unspecified atom stereocenters. The van der Waals surface area contributed by atoms with E-state index < -0.39 is 0 Å². The summed E-state index contributed by atoms with van der Waals surface area (Å²) < 4.78 is 9.58. The van der Waals surface area contributed by atoms with E-state index >= 15 is 0 Å². The average Bonchev–Trinajstić information content (AvgIpc) is 2.26. The number of hydrogen-bond donors (Lipinski definition) is 1. The number of rotatable bonds is 9. The molecule has 0 spiro atoms. The van der Waals surface area contributed by atoms with Gasteiger partial charge in [-0.05, 0) is 25.8 Å². The lowest BCUT2D eigenvalue weighted by molar-refractivity contribution is -0.144. The van der Waals surface area contributed by atoms with E-state index in [1.807, 2.05) is 6.92 Å². The van der Waals surface area contributed by atoms with Crippen LogP contribution in [0.3, 0.4) is 0 Å². The molecule has 0 aromatic rings. The second kappa shape index (κ2) is 9.93. The summed E-state index contributed by atoms with van der Waals surface area (Å²) in [6.45, 7) is 4.34. The number of carbonyl (C=O) groups is 1. The van der Waals surface area contributed by atoms with Crippen molar-refractivity contribution in [1.29, 1.82) is 0 Å². The van der Waals surface area contributed by atoms with Crippen molar-refractivity contribution in [2.24, 2.45) is 5.92 Å². The Hall–Kier alpha value is -0.610. The topological polar surface area (TPSA) is 47.6 Å². The number of nitrogens with one attached hydrogen (secondary N) is 1. The minimum Gasteiger partial charge on any atom is -0.469 e. The number of esters is 1. The van der Waals surface area contributed by atoms with Gasteiger partial charge in [0.1, 0.15) is 0 Å². The first-order valence-corrected chi connectivity index (χ1v) is 5.49. The third kappa shape index (κ3) is 8.39. The highest BCUT2D eigenvalue weighted by atomic mass is 16.5. The Kier molecular flexibility index (Phi) is 9.52. The van der Waals surface area contributed by atoms with Crippen molar-refractivity contribution in [3.05, 3.63) is 0 Å². The molecule has 0 aromatic carbocycles. The van der Waals surface area contributed by atoms with Crippen LogP contribution in [0.1, 0.15) is 26.2 Å². The summed E-state index contributed by atoms with van der Waals surface area (Å²) in [5.41, 5.74) is 0. The molecule has 0 aliphatic carbocycles. The second-order valence-electron chi connectivity index (χ2n) is 3.68. The summed E-state index contributed by atoms with van der Waals surface area (Å²) >= 11 is 0. The highest BCUT2D eigenvalue weighted by Gasteiger charge is 2.11. The van der Waals surface area contributed by atoms with E-state index in [-0.39, 0.29) is 11.9 Å². The summed E-state index contributed by atoms with van der Waals surface area (Å²) in [5.74, 6) is -0.212. The van der Waals surface area contributed by atoms with Crippen LogP contribution in [0.5, 0.6) is 0 Å². The fourth-order valence-corrected chi connectivity index (χ4v) is 1.28. The summed E-state index contributed by atoms with van der Waals surface area (Å²) in [6.07, 6.45) is 3.38. The van der Waals surface area contributed by atoms with E-state index in [1.54, 1.807) is 7.11 Å². The zero-order chi connectivity index (χ0) is 11.5. The van der Waals surface area contributed by atoms with Crippen molar-refractivity contribution in [2.75, 3.05) is 33.9 Å². The lowest BCUT2D eigenvalue weighted by Crippen LogP contribution is -2.28. The molecule has 0 heterocycles. The fraction of sp³-hybridized carbons (Fsp3) is 0.909. The van der Waals surface area contributed by atoms with E-state index in [0.29, 0.717) is 6.54 Å². The molecular formula is C11H23NO3. The maximum Gasteiger partial charge on any atom is 0.309 e. The molecule has 0 fully saturated rings. The molecule has 0 saturated heterocycles. The molecule has 0 aliphatic heterocycles. The molecule has 0 aliphatic rings. The van der Waals surface area contributed by atoms with Gasteiger partial charge in [0.05, 0.1) is 13.0 Å². The van der Waals surface area contributed by atoms with Crippen LogP contribution in [-0.2, 0) is 14.3 Å². The van der Waals surface area contributed by atoms with Crippen LogP contribution in [0.4, 0.5) is 0 Å². The fourth-order valence-electron chi connectivity index (χ4n) is 1.28. The number of carbonyl (C=O) groups excluding carboxylic acids is 1. The van der Waals surface area contributed by atoms with Gasteiger partial charge in [0.25, 0.3) is 0 Å². The molecular weight excluding hydrogens is 194 g/mol. The standard InChI is InChI=1S/C11H23NO3/c1-10(11(13)15-3)9-12-7-5-4-6-8-14-2/h10,12H,4-9H2,1-3H3. The van der Waals surface area contributed by atoms with E-state index in [0.717, 1.165) is 32.4 Å². The maximum atomic E-state index is 11.0. The van der Waals surface area contributed by atoms with Gasteiger partial charge in [-0.25, -0.2) is 0 Å². The van der Waals surface area contributed by atoms with Crippen molar-refractivity contribution in [1.82, 2.24) is 5.32 Å². The van der Waals surface area contributed by atoms with Gasteiger partial charge in [0.15, 0.2) is 0 Å². The zero-order valence-corrected chi connectivity index (χ0v) is 10.0. The third-order valence-corrected chi connectivity index (χ3v) is 2.26. The van der Waals surface area contributed by atoms with Gasteiger partial charge in [0, 0.05) is 20.3 Å². The predicted octanol–water partition coefficient (Wildman–Crippen LogP) is 1.20. The van der Waals surface area contributed by atoms with Crippen LogP contribution in [0.25, 0.3) is 0 Å². The Morgan fingerprint density at radius 2 is 2.00 bits per heavy atom. The molecule has 0 aromatic heterocycles. The van der Waals surface area contributed by atoms with Crippen LogP contribution in [0.2, 0.25) is 0 Å². The van der Waals surface area contributed by atoms with Crippen LogP contribution < -0.4 is 5.32 Å². The molecule has 0 saturated carbocycles. The molecule has 0 amide bonds. The normalized spacial score (nSPS) is 12.5. The first-order valence-electron chi connectivity index (χ1n) is 5.49. The molecule has 1 atom stereocenters. The van der Waals surface area contributed by atoms with Crippen LogP contribution >= 0.6 is 0 Å². The lowest BCUT2D eigenvalue weighted by atomic mass is 10.2. The lowest BCUT2D eigenvalue weighted by Gasteiger charge is -2.10. The minimum atomic E-state index is -0.151. The first-order chi connectivity index (χ1) is 7.22. The maximum absolute atomic E-state index is 11.0. The Balaban J connectivity index is 3.20. The molecule has 90 valence electrons. The molecule has 15 heavy (non-hydrogen) atoms. The van der Waals surface area contributed by atoms with Gasteiger partial charge in [-0.15, -0.1) is 0 Å². The van der Waals surface area contributed by atoms with Crippen LogP contribution in [0.15, 0.2) is 0 Å². The number of ether oxygens (including phenoxy) is 2. The summed E-state index contributed by atoms with van der Waals surface area (Å²) in [6, 6.07) is 0. The van der Waals surface area contributed by atoms with Gasteiger partial charge in [-0.2, -0.15) is 0 Å². The molecule has 0 rings (SSSR count). The third-order valence-electron chi connectivity index (χ3n) is 2.26. The minimum absolute atomic E-state index is 0.0611. The summed E-state index contributed by atoms with van der Waals surface area (Å²) in [4.78, 5) is 11.0. The van der Waals surface area contributed by atoms with Gasteiger partial charge >= 0.3 is 5.97 Å². The number of methoxy groups -OCH3 is 2. The van der Waals surface area contributed by atoms with Crippen molar-refractivity contribution < 1.29 is 14.3 Å². The van der Waals surface area contributed by atoms with E-state index in [9.17, 15) is 4.79 Å². The van der Waals surface area contributed by atoms with E-state index in [4.69, 9.17) is 4.74 Å². The van der Waals surface area contributed by atoms with Crippen molar-refractivity contribution in [2.45, 2.75) is 26.2 Å². The largest absolute Gasteiger partial charge is 0.469 e.